The van der Waals surface area contributed by atoms with Crippen LogP contribution in [0.15, 0.2) is 12.3 Å². The van der Waals surface area contributed by atoms with Gasteiger partial charge >= 0.3 is 0 Å². The summed E-state index contributed by atoms with van der Waals surface area (Å²) >= 11 is 0. The van der Waals surface area contributed by atoms with E-state index >= 15 is 0 Å². The Bertz CT molecular complexity index is 375. The molecule has 0 unspecified atom stereocenters. The van der Waals surface area contributed by atoms with Crippen LogP contribution in [0, 0.1) is 0 Å². The number of carbonyl (C=O) groups is 1. The monoisotopic (exact) mass is 294 g/mol. The second-order valence-corrected chi connectivity index (χ2v) is 4.24. The van der Waals surface area contributed by atoms with Crippen LogP contribution in [0.1, 0.15) is 24.5 Å². The van der Waals surface area contributed by atoms with Gasteiger partial charge in [0.25, 0.3) is 0 Å². The van der Waals surface area contributed by atoms with E-state index in [1.807, 2.05) is 22.8 Å². The molecule has 0 spiro atoms. The summed E-state index contributed by atoms with van der Waals surface area (Å²) in [6, 6.07) is 2.06. The minimum atomic E-state index is 0. The van der Waals surface area contributed by atoms with Gasteiger partial charge in [0.05, 0.1) is 6.54 Å². The second-order valence-electron chi connectivity index (χ2n) is 4.24. The van der Waals surface area contributed by atoms with Crippen LogP contribution in [0.5, 0.6) is 0 Å². The summed E-state index contributed by atoms with van der Waals surface area (Å²) < 4.78 is 1.92. The summed E-state index contributed by atoms with van der Waals surface area (Å²) in [6.07, 6.45) is 3.84. The Morgan fingerprint density at radius 3 is 2.50 bits per heavy atom. The topological polar surface area (TPSA) is 64.2 Å². The zero-order valence-electron chi connectivity index (χ0n) is 10.4. The molecule has 2 rings (SSSR count). The van der Waals surface area contributed by atoms with Gasteiger partial charge in [-0.2, -0.15) is 5.10 Å². The van der Waals surface area contributed by atoms with Crippen molar-refractivity contribution in [3.05, 3.63) is 18.0 Å². The number of aryl methyl sites for hydroxylation is 1. The highest BCUT2D eigenvalue weighted by Crippen LogP contribution is 2.27. The molecular formula is C11H20Cl2N4O. The molecule has 1 amide bonds. The zero-order chi connectivity index (χ0) is 11.5. The van der Waals surface area contributed by atoms with Crippen molar-refractivity contribution in [3.63, 3.8) is 0 Å². The van der Waals surface area contributed by atoms with Gasteiger partial charge < -0.3 is 10.6 Å². The number of nitrogens with two attached hydrogens (primary N) is 1. The van der Waals surface area contributed by atoms with Gasteiger partial charge in [0, 0.05) is 37.9 Å². The lowest BCUT2D eigenvalue weighted by Gasteiger charge is -2.31. The molecule has 1 aliphatic rings. The van der Waals surface area contributed by atoms with Gasteiger partial charge in [-0.05, 0) is 18.9 Å². The largest absolute Gasteiger partial charge is 0.342 e. The van der Waals surface area contributed by atoms with Crippen molar-refractivity contribution >= 4 is 30.7 Å². The molecule has 0 radical (unpaired) electrons. The summed E-state index contributed by atoms with van der Waals surface area (Å²) in [6.45, 7) is 1.74. The maximum Gasteiger partial charge on any atom is 0.236 e. The number of nitrogens with zero attached hydrogens (tertiary/aromatic N) is 3. The van der Waals surface area contributed by atoms with Gasteiger partial charge in [0.1, 0.15) is 0 Å². The number of piperidine rings is 1. The van der Waals surface area contributed by atoms with Crippen molar-refractivity contribution in [2.45, 2.75) is 18.8 Å². The quantitative estimate of drug-likeness (QED) is 0.882. The molecule has 0 bridgehead atoms. The fraction of sp³-hybridized carbons (Fsp3) is 0.636. The van der Waals surface area contributed by atoms with E-state index in [0.717, 1.165) is 25.9 Å². The molecule has 0 saturated carbocycles. The van der Waals surface area contributed by atoms with E-state index in [1.54, 1.807) is 0 Å². The molecule has 0 atom stereocenters. The Labute approximate surface area is 120 Å². The number of carbonyl (C=O) groups excluding carboxylic acids is 1. The third-order valence-corrected chi connectivity index (χ3v) is 3.30. The van der Waals surface area contributed by atoms with E-state index in [0.29, 0.717) is 5.92 Å². The molecule has 104 valence electrons. The Morgan fingerprint density at radius 2 is 2.06 bits per heavy atom. The van der Waals surface area contributed by atoms with Crippen LogP contribution in [0.3, 0.4) is 0 Å². The highest BCUT2D eigenvalue weighted by molar-refractivity contribution is 5.85. The highest BCUT2D eigenvalue weighted by atomic mass is 35.5. The van der Waals surface area contributed by atoms with Gasteiger partial charge in [-0.25, -0.2) is 0 Å². The zero-order valence-corrected chi connectivity index (χ0v) is 12.0. The fourth-order valence-electron chi connectivity index (χ4n) is 2.34. The SMILES string of the molecule is Cl.Cl.Cn1nccc1C1CCN(C(=O)CN)CC1. The molecule has 2 heterocycles. The minimum Gasteiger partial charge on any atom is -0.342 e. The van der Waals surface area contributed by atoms with Crippen molar-refractivity contribution in [1.29, 1.82) is 0 Å². The molecule has 0 aliphatic carbocycles. The molecule has 2 N–H and O–H groups in total. The first kappa shape index (κ1) is 17.2. The van der Waals surface area contributed by atoms with Crippen molar-refractivity contribution in [1.82, 2.24) is 14.7 Å². The second kappa shape index (κ2) is 7.61. The van der Waals surface area contributed by atoms with Gasteiger partial charge in [-0.1, -0.05) is 0 Å². The summed E-state index contributed by atoms with van der Waals surface area (Å²) in [5, 5.41) is 4.18. The number of hydrogen-bond donors (Lipinski definition) is 1. The van der Waals surface area contributed by atoms with Crippen molar-refractivity contribution in [2.75, 3.05) is 19.6 Å². The maximum atomic E-state index is 11.4. The molecule has 1 aliphatic heterocycles. The first-order valence-corrected chi connectivity index (χ1v) is 5.68. The van der Waals surface area contributed by atoms with Gasteiger partial charge in [-0.15, -0.1) is 24.8 Å². The summed E-state index contributed by atoms with van der Waals surface area (Å²) in [4.78, 5) is 13.3. The standard InChI is InChI=1S/C11H18N4O.2ClH/c1-14-10(2-5-13-14)9-3-6-15(7-4-9)11(16)8-12;;/h2,5,9H,3-4,6-8,12H2,1H3;2*1H. The Balaban J connectivity index is 0.00000144. The highest BCUT2D eigenvalue weighted by Gasteiger charge is 2.24. The molecule has 18 heavy (non-hydrogen) atoms. The van der Waals surface area contributed by atoms with Crippen LogP contribution in [-0.4, -0.2) is 40.2 Å². The fourth-order valence-corrected chi connectivity index (χ4v) is 2.34. The molecule has 1 aromatic heterocycles. The minimum absolute atomic E-state index is 0. The van der Waals surface area contributed by atoms with E-state index in [4.69, 9.17) is 5.73 Å². The maximum absolute atomic E-state index is 11.4. The van der Waals surface area contributed by atoms with E-state index in [9.17, 15) is 4.79 Å². The summed E-state index contributed by atoms with van der Waals surface area (Å²) in [5.74, 6) is 0.581. The van der Waals surface area contributed by atoms with Crippen LogP contribution in [0.25, 0.3) is 0 Å². The predicted molar refractivity (Wildman–Crippen MR) is 75.3 cm³/mol. The van der Waals surface area contributed by atoms with E-state index in [2.05, 4.69) is 11.2 Å². The summed E-state index contributed by atoms with van der Waals surface area (Å²) in [7, 11) is 1.97. The summed E-state index contributed by atoms with van der Waals surface area (Å²) in [5.41, 5.74) is 6.61. The number of aromatic nitrogens is 2. The normalized spacial score (nSPS) is 15.8. The van der Waals surface area contributed by atoms with Crippen LogP contribution in [0.2, 0.25) is 0 Å². The van der Waals surface area contributed by atoms with Gasteiger partial charge in [-0.3, -0.25) is 9.48 Å². The smallest absolute Gasteiger partial charge is 0.236 e. The predicted octanol–water partition coefficient (Wildman–Crippen LogP) is 0.928. The lowest BCUT2D eigenvalue weighted by Crippen LogP contribution is -2.41. The number of rotatable bonds is 2. The first-order chi connectivity index (χ1) is 7.72. The van der Waals surface area contributed by atoms with E-state index in [-0.39, 0.29) is 37.3 Å². The molecule has 1 aromatic rings. The van der Waals surface area contributed by atoms with Crippen molar-refractivity contribution in [2.24, 2.45) is 12.8 Å². The lowest BCUT2D eigenvalue weighted by molar-refractivity contribution is -0.130. The average Bonchev–Trinajstić information content (AvgIpc) is 2.75. The molecule has 0 aromatic carbocycles. The van der Waals surface area contributed by atoms with Crippen molar-refractivity contribution < 1.29 is 4.79 Å². The molecule has 7 heteroatoms. The average molecular weight is 295 g/mol. The number of likely N-dealkylation sites (tertiary alicyclic amines) is 1. The molecular weight excluding hydrogens is 275 g/mol. The van der Waals surface area contributed by atoms with Crippen molar-refractivity contribution in [3.8, 4) is 0 Å². The van der Waals surface area contributed by atoms with Crippen LogP contribution >= 0.6 is 24.8 Å². The third kappa shape index (κ3) is 3.60. The number of hydrogen-bond acceptors (Lipinski definition) is 3. The Hall–Kier alpha value is -0.780. The Morgan fingerprint density at radius 1 is 1.44 bits per heavy atom. The third-order valence-electron chi connectivity index (χ3n) is 3.30. The lowest BCUT2D eigenvalue weighted by atomic mass is 9.93. The molecule has 5 nitrogen and oxygen atoms in total. The van der Waals surface area contributed by atoms with Crippen LogP contribution < -0.4 is 5.73 Å². The van der Waals surface area contributed by atoms with Crippen LogP contribution in [-0.2, 0) is 11.8 Å². The van der Waals surface area contributed by atoms with Crippen LogP contribution in [0.4, 0.5) is 0 Å². The van der Waals surface area contributed by atoms with E-state index in [1.165, 1.54) is 5.69 Å². The van der Waals surface area contributed by atoms with E-state index < -0.39 is 0 Å². The first-order valence-electron chi connectivity index (χ1n) is 5.68. The number of amides is 1. The van der Waals surface area contributed by atoms with Gasteiger partial charge in [0.2, 0.25) is 5.91 Å². The Kier molecular flexibility index (Phi) is 7.28. The number of halogens is 2. The molecule has 1 fully saturated rings. The van der Waals surface area contributed by atoms with Gasteiger partial charge in [0.15, 0.2) is 0 Å². The molecule has 1 saturated heterocycles.